The Bertz CT molecular complexity index is 974. The van der Waals surface area contributed by atoms with Crippen molar-refractivity contribution in [3.8, 4) is 0 Å². The fraction of sp³-hybridized carbons (Fsp3) is 0.263. The highest BCUT2D eigenvalue weighted by molar-refractivity contribution is 9.10. The third kappa shape index (κ3) is 5.17. The monoisotopic (exact) mass is 449 g/mol. The van der Waals surface area contributed by atoms with Gasteiger partial charge in [0.05, 0.1) is 10.5 Å². The second kappa shape index (κ2) is 8.67. The van der Waals surface area contributed by atoms with Gasteiger partial charge in [0, 0.05) is 23.1 Å². The molecular formula is C19H20BrN3O3S. The maximum Gasteiger partial charge on any atom is 0.262 e. The highest BCUT2D eigenvalue weighted by atomic mass is 79.9. The molecular weight excluding hydrogens is 430 g/mol. The van der Waals surface area contributed by atoms with Crippen molar-refractivity contribution in [2.24, 2.45) is 4.99 Å². The molecule has 8 heteroatoms. The number of carbonyl (C=O) groups is 1. The average Bonchev–Trinajstić information content (AvgIpc) is 2.90. The molecule has 27 heavy (non-hydrogen) atoms. The van der Waals surface area contributed by atoms with Crippen molar-refractivity contribution in [2.45, 2.75) is 30.6 Å². The Morgan fingerprint density at radius 1 is 1.04 bits per heavy atom. The zero-order valence-corrected chi connectivity index (χ0v) is 17.0. The third-order valence-corrected chi connectivity index (χ3v) is 6.22. The summed E-state index contributed by atoms with van der Waals surface area (Å²) in [5, 5.41) is 2.73. The van der Waals surface area contributed by atoms with E-state index in [0.29, 0.717) is 34.5 Å². The number of halogens is 1. The Hall–Kier alpha value is -2.19. The van der Waals surface area contributed by atoms with Gasteiger partial charge in [0.1, 0.15) is 5.84 Å². The van der Waals surface area contributed by atoms with E-state index in [2.05, 4.69) is 31.0 Å². The summed E-state index contributed by atoms with van der Waals surface area (Å²) in [6.07, 6.45) is 3.56. The Kier molecular flexibility index (Phi) is 6.28. The molecule has 1 aliphatic rings. The lowest BCUT2D eigenvalue weighted by atomic mass is 10.2. The number of benzene rings is 2. The summed E-state index contributed by atoms with van der Waals surface area (Å²) in [7, 11) is -3.75. The van der Waals surface area contributed by atoms with Crippen molar-refractivity contribution in [2.75, 3.05) is 11.9 Å². The van der Waals surface area contributed by atoms with Crippen molar-refractivity contribution in [1.82, 2.24) is 4.72 Å². The standard InChI is InChI=1S/C19H20BrN3O3S/c20-17-10-4-3-9-16(17)19(24)22-14-7-6-8-15(13-14)27(25,26)23-18-11-2-1-5-12-21-18/h3-4,6-10,13H,1-2,5,11-12H2,(H,21,23)(H,22,24). The first-order valence-corrected chi connectivity index (χ1v) is 11.0. The summed E-state index contributed by atoms with van der Waals surface area (Å²) in [6, 6.07) is 13.2. The van der Waals surface area contributed by atoms with Crippen molar-refractivity contribution >= 4 is 43.4 Å². The molecule has 0 aliphatic carbocycles. The van der Waals surface area contributed by atoms with E-state index in [-0.39, 0.29) is 10.8 Å². The molecule has 0 fully saturated rings. The summed E-state index contributed by atoms with van der Waals surface area (Å²) in [4.78, 5) is 16.8. The maximum absolute atomic E-state index is 12.7. The number of carbonyl (C=O) groups excluding carboxylic acids is 1. The smallest absolute Gasteiger partial charge is 0.262 e. The Balaban J connectivity index is 1.77. The quantitative estimate of drug-likeness (QED) is 0.740. The predicted octanol–water partition coefficient (Wildman–Crippen LogP) is 3.95. The minimum Gasteiger partial charge on any atom is -0.322 e. The van der Waals surface area contributed by atoms with E-state index in [1.54, 1.807) is 30.3 Å². The number of aliphatic imine (C=N–C) groups is 1. The Morgan fingerprint density at radius 2 is 1.85 bits per heavy atom. The topological polar surface area (TPSA) is 87.6 Å². The van der Waals surface area contributed by atoms with Crippen LogP contribution in [0.2, 0.25) is 0 Å². The SMILES string of the molecule is O=C(Nc1cccc(S(=O)(=O)NC2=NCCCCC2)c1)c1ccccc1Br. The van der Waals surface area contributed by atoms with Gasteiger partial charge in [-0.25, -0.2) is 8.42 Å². The molecule has 0 saturated carbocycles. The van der Waals surface area contributed by atoms with Crippen LogP contribution < -0.4 is 10.0 Å². The summed E-state index contributed by atoms with van der Waals surface area (Å²) in [5.74, 6) is 0.174. The van der Waals surface area contributed by atoms with E-state index in [1.807, 2.05) is 6.07 Å². The average molecular weight is 450 g/mol. The first-order chi connectivity index (χ1) is 13.0. The molecule has 0 spiro atoms. The van der Waals surface area contributed by atoms with Gasteiger partial charge < -0.3 is 5.32 Å². The molecule has 142 valence electrons. The molecule has 6 nitrogen and oxygen atoms in total. The van der Waals surface area contributed by atoms with Gasteiger partial charge in [0.2, 0.25) is 0 Å². The van der Waals surface area contributed by atoms with Crippen molar-refractivity contribution in [1.29, 1.82) is 0 Å². The number of anilines is 1. The normalized spacial score (nSPS) is 14.8. The molecule has 0 saturated heterocycles. The van der Waals surface area contributed by atoms with Crippen LogP contribution >= 0.6 is 15.9 Å². The number of hydrogen-bond acceptors (Lipinski definition) is 4. The number of sulfonamides is 1. The highest BCUT2D eigenvalue weighted by Gasteiger charge is 2.18. The van der Waals surface area contributed by atoms with Crippen LogP contribution in [0.1, 0.15) is 36.0 Å². The van der Waals surface area contributed by atoms with E-state index in [1.165, 1.54) is 12.1 Å². The predicted molar refractivity (Wildman–Crippen MR) is 110 cm³/mol. The zero-order chi connectivity index (χ0) is 19.3. The van der Waals surface area contributed by atoms with Crippen LogP contribution in [0.15, 0.2) is 62.9 Å². The first kappa shape index (κ1) is 19.6. The molecule has 0 radical (unpaired) electrons. The molecule has 1 heterocycles. The van der Waals surface area contributed by atoms with E-state index < -0.39 is 10.0 Å². The molecule has 1 amide bonds. The highest BCUT2D eigenvalue weighted by Crippen LogP contribution is 2.20. The lowest BCUT2D eigenvalue weighted by molar-refractivity contribution is 0.102. The molecule has 2 N–H and O–H groups in total. The second-order valence-corrected chi connectivity index (χ2v) is 8.74. The van der Waals surface area contributed by atoms with E-state index >= 15 is 0 Å². The molecule has 0 aromatic heterocycles. The Labute approximate surface area is 167 Å². The Morgan fingerprint density at radius 3 is 2.67 bits per heavy atom. The number of amidine groups is 1. The number of hydrogen-bond donors (Lipinski definition) is 2. The van der Waals surface area contributed by atoms with Crippen molar-refractivity contribution < 1.29 is 13.2 Å². The lowest BCUT2D eigenvalue weighted by Gasteiger charge is -2.11. The van der Waals surface area contributed by atoms with Crippen LogP contribution in [0, 0.1) is 0 Å². The van der Waals surface area contributed by atoms with Gasteiger partial charge in [-0.05, 0) is 59.1 Å². The zero-order valence-electron chi connectivity index (χ0n) is 14.6. The number of nitrogens with zero attached hydrogens (tertiary/aromatic N) is 1. The van der Waals surface area contributed by atoms with Crippen LogP contribution in [0.5, 0.6) is 0 Å². The van der Waals surface area contributed by atoms with Crippen LogP contribution in [0.4, 0.5) is 5.69 Å². The molecule has 0 bridgehead atoms. The van der Waals surface area contributed by atoms with E-state index in [9.17, 15) is 13.2 Å². The summed E-state index contributed by atoms with van der Waals surface area (Å²) in [6.45, 7) is 0.639. The van der Waals surface area contributed by atoms with E-state index in [4.69, 9.17) is 0 Å². The van der Waals surface area contributed by atoms with Crippen LogP contribution in [0.3, 0.4) is 0 Å². The van der Waals surface area contributed by atoms with Crippen LogP contribution in [0.25, 0.3) is 0 Å². The minimum atomic E-state index is -3.75. The molecule has 2 aromatic rings. The fourth-order valence-corrected chi connectivity index (χ4v) is 4.36. The lowest BCUT2D eigenvalue weighted by Crippen LogP contribution is -2.30. The third-order valence-electron chi connectivity index (χ3n) is 4.15. The second-order valence-electron chi connectivity index (χ2n) is 6.21. The van der Waals surface area contributed by atoms with Gasteiger partial charge in [-0.2, -0.15) is 0 Å². The summed E-state index contributed by atoms with van der Waals surface area (Å²) >= 11 is 3.34. The minimum absolute atomic E-state index is 0.0828. The van der Waals surface area contributed by atoms with Gasteiger partial charge in [0.15, 0.2) is 0 Å². The van der Waals surface area contributed by atoms with Gasteiger partial charge in [-0.3, -0.25) is 14.5 Å². The molecule has 0 atom stereocenters. The molecule has 1 aliphatic heterocycles. The number of rotatable bonds is 4. The summed E-state index contributed by atoms with van der Waals surface area (Å²) < 4.78 is 28.6. The fourth-order valence-electron chi connectivity index (χ4n) is 2.76. The molecule has 0 unspecified atom stereocenters. The van der Waals surface area contributed by atoms with Crippen LogP contribution in [-0.4, -0.2) is 26.7 Å². The van der Waals surface area contributed by atoms with E-state index in [0.717, 1.165) is 19.3 Å². The summed E-state index contributed by atoms with van der Waals surface area (Å²) in [5.41, 5.74) is 0.873. The molecule has 3 rings (SSSR count). The first-order valence-electron chi connectivity index (χ1n) is 8.68. The van der Waals surface area contributed by atoms with Gasteiger partial charge >= 0.3 is 0 Å². The number of amides is 1. The largest absolute Gasteiger partial charge is 0.322 e. The molecule has 2 aromatic carbocycles. The number of nitrogens with one attached hydrogen (secondary N) is 2. The van der Waals surface area contributed by atoms with Gasteiger partial charge in [0.25, 0.3) is 15.9 Å². The maximum atomic E-state index is 12.7. The van der Waals surface area contributed by atoms with Crippen molar-refractivity contribution in [3.63, 3.8) is 0 Å². The van der Waals surface area contributed by atoms with Crippen LogP contribution in [-0.2, 0) is 10.0 Å². The van der Waals surface area contributed by atoms with Crippen molar-refractivity contribution in [3.05, 3.63) is 58.6 Å². The van der Waals surface area contributed by atoms with Gasteiger partial charge in [-0.1, -0.05) is 24.6 Å². The van der Waals surface area contributed by atoms with Gasteiger partial charge in [-0.15, -0.1) is 0 Å².